The maximum absolute atomic E-state index is 12.9. The van der Waals surface area contributed by atoms with Gasteiger partial charge in [-0.3, -0.25) is 4.79 Å². The molecule has 1 amide bonds. The van der Waals surface area contributed by atoms with Crippen LogP contribution in [0.1, 0.15) is 18.9 Å². The van der Waals surface area contributed by atoms with Gasteiger partial charge in [-0.25, -0.2) is 4.39 Å². The van der Waals surface area contributed by atoms with Crippen molar-refractivity contribution in [2.75, 3.05) is 13.2 Å². The highest BCUT2D eigenvalue weighted by Crippen LogP contribution is 2.24. The lowest BCUT2D eigenvalue weighted by Gasteiger charge is -2.11. The lowest BCUT2D eigenvalue weighted by Crippen LogP contribution is -2.24. The van der Waals surface area contributed by atoms with Crippen LogP contribution in [-0.4, -0.2) is 19.1 Å². The molecule has 0 heterocycles. The number of hydrogen-bond donors (Lipinski definition) is 1. The van der Waals surface area contributed by atoms with E-state index in [1.54, 1.807) is 0 Å². The fourth-order valence-electron chi connectivity index (χ4n) is 2.07. The Labute approximate surface area is 145 Å². The van der Waals surface area contributed by atoms with Crippen molar-refractivity contribution in [3.8, 4) is 11.5 Å². The summed E-state index contributed by atoms with van der Waals surface area (Å²) in [7, 11) is 0. The molecule has 0 aliphatic carbocycles. The largest absolute Gasteiger partial charge is 0.494 e. The predicted molar refractivity (Wildman–Crippen MR) is 91.0 cm³/mol. The molecule has 24 heavy (non-hydrogen) atoms. The number of rotatable bonds is 8. The zero-order valence-electron chi connectivity index (χ0n) is 13.4. The Balaban J connectivity index is 1.77. The smallest absolute Gasteiger partial charge is 0.223 e. The Hall–Kier alpha value is -2.27. The van der Waals surface area contributed by atoms with E-state index >= 15 is 0 Å². The highest BCUT2D eigenvalue weighted by Gasteiger charge is 2.07. The van der Waals surface area contributed by atoms with Crippen molar-refractivity contribution >= 4 is 17.5 Å². The number of para-hydroxylation sites is 1. The molecule has 2 aromatic rings. The van der Waals surface area contributed by atoms with E-state index in [0.29, 0.717) is 18.9 Å². The van der Waals surface area contributed by atoms with E-state index in [0.717, 1.165) is 11.3 Å². The van der Waals surface area contributed by atoms with E-state index in [2.05, 4.69) is 5.32 Å². The Bertz CT molecular complexity index is 694. The molecule has 1 N–H and O–H groups in total. The van der Waals surface area contributed by atoms with Crippen molar-refractivity contribution < 1.29 is 18.7 Å². The molecular weight excluding hydrogens is 333 g/mol. The summed E-state index contributed by atoms with van der Waals surface area (Å²) in [4.78, 5) is 11.9. The van der Waals surface area contributed by atoms with Gasteiger partial charge in [0.1, 0.15) is 17.3 Å². The Morgan fingerprint density at radius 2 is 1.96 bits per heavy atom. The number of amides is 1. The van der Waals surface area contributed by atoms with Gasteiger partial charge in [0.25, 0.3) is 0 Å². The van der Waals surface area contributed by atoms with Gasteiger partial charge in [0.05, 0.1) is 24.7 Å². The van der Waals surface area contributed by atoms with Gasteiger partial charge >= 0.3 is 0 Å². The molecule has 4 nitrogen and oxygen atoms in total. The second-order valence-electron chi connectivity index (χ2n) is 4.99. The van der Waals surface area contributed by atoms with Crippen LogP contribution in [0.2, 0.25) is 5.02 Å². The highest BCUT2D eigenvalue weighted by molar-refractivity contribution is 6.32. The molecule has 0 aliphatic rings. The normalized spacial score (nSPS) is 10.3. The molecule has 0 unspecified atom stereocenters. The van der Waals surface area contributed by atoms with Crippen molar-refractivity contribution in [2.45, 2.75) is 19.9 Å². The number of halogens is 2. The fraction of sp³-hybridized carbons (Fsp3) is 0.278. The van der Waals surface area contributed by atoms with Crippen LogP contribution < -0.4 is 14.8 Å². The number of benzene rings is 2. The average molecular weight is 352 g/mol. The lowest BCUT2D eigenvalue weighted by molar-refractivity contribution is -0.121. The summed E-state index contributed by atoms with van der Waals surface area (Å²) in [5.41, 5.74) is 0.912. The SMILES string of the molecule is CCOc1ccccc1CNC(=O)CCOc1ccc(F)cc1Cl. The summed E-state index contributed by atoms with van der Waals surface area (Å²) in [6, 6.07) is 11.4. The lowest BCUT2D eigenvalue weighted by atomic mass is 10.2. The summed E-state index contributed by atoms with van der Waals surface area (Å²) in [6.45, 7) is 3.01. The van der Waals surface area contributed by atoms with Gasteiger partial charge in [-0.2, -0.15) is 0 Å². The molecule has 0 radical (unpaired) electrons. The molecule has 0 aromatic heterocycles. The van der Waals surface area contributed by atoms with Crippen molar-refractivity contribution in [2.24, 2.45) is 0 Å². The highest BCUT2D eigenvalue weighted by atomic mass is 35.5. The van der Waals surface area contributed by atoms with E-state index < -0.39 is 5.82 Å². The van der Waals surface area contributed by atoms with E-state index in [4.69, 9.17) is 21.1 Å². The van der Waals surface area contributed by atoms with Crippen LogP contribution in [-0.2, 0) is 11.3 Å². The number of hydrogen-bond acceptors (Lipinski definition) is 3. The minimum atomic E-state index is -0.432. The molecule has 0 bridgehead atoms. The summed E-state index contributed by atoms with van der Waals surface area (Å²) in [5.74, 6) is 0.528. The second-order valence-corrected chi connectivity index (χ2v) is 5.40. The van der Waals surface area contributed by atoms with Gasteiger partial charge in [-0.15, -0.1) is 0 Å². The first-order valence-electron chi connectivity index (χ1n) is 7.65. The van der Waals surface area contributed by atoms with Crippen molar-refractivity contribution in [3.05, 3.63) is 58.9 Å². The van der Waals surface area contributed by atoms with Crippen LogP contribution in [0, 0.1) is 5.82 Å². The summed E-state index contributed by atoms with van der Waals surface area (Å²) in [5, 5.41) is 3.00. The molecule has 2 rings (SSSR count). The van der Waals surface area contributed by atoms with Crippen LogP contribution in [0.5, 0.6) is 11.5 Å². The molecule has 128 valence electrons. The van der Waals surface area contributed by atoms with Crippen molar-refractivity contribution in [1.29, 1.82) is 0 Å². The zero-order valence-corrected chi connectivity index (χ0v) is 14.1. The van der Waals surface area contributed by atoms with Crippen LogP contribution in [0.15, 0.2) is 42.5 Å². The maximum Gasteiger partial charge on any atom is 0.223 e. The zero-order chi connectivity index (χ0) is 17.4. The van der Waals surface area contributed by atoms with Crippen molar-refractivity contribution in [3.63, 3.8) is 0 Å². The first-order chi connectivity index (χ1) is 11.6. The van der Waals surface area contributed by atoms with Gasteiger partial charge in [0.15, 0.2) is 0 Å². The molecule has 0 saturated carbocycles. The Morgan fingerprint density at radius 1 is 1.17 bits per heavy atom. The monoisotopic (exact) mass is 351 g/mol. The molecule has 0 spiro atoms. The minimum Gasteiger partial charge on any atom is -0.494 e. The van der Waals surface area contributed by atoms with Gasteiger partial charge in [0.2, 0.25) is 5.91 Å². The fourth-order valence-corrected chi connectivity index (χ4v) is 2.30. The number of ether oxygens (including phenoxy) is 2. The topological polar surface area (TPSA) is 47.6 Å². The molecule has 0 atom stereocenters. The summed E-state index contributed by atoms with van der Waals surface area (Å²) < 4.78 is 23.8. The van der Waals surface area contributed by atoms with Gasteiger partial charge in [0, 0.05) is 12.1 Å². The molecule has 6 heteroatoms. The van der Waals surface area contributed by atoms with E-state index in [1.807, 2.05) is 31.2 Å². The quantitative estimate of drug-likeness (QED) is 0.783. The molecule has 0 fully saturated rings. The molecule has 0 saturated heterocycles. The van der Waals surface area contributed by atoms with E-state index in [9.17, 15) is 9.18 Å². The minimum absolute atomic E-state index is 0.153. The molecule has 2 aromatic carbocycles. The Kier molecular flexibility index (Phi) is 6.88. The third-order valence-corrected chi connectivity index (χ3v) is 3.52. The van der Waals surface area contributed by atoms with Crippen LogP contribution in [0.25, 0.3) is 0 Å². The number of carbonyl (C=O) groups excluding carboxylic acids is 1. The predicted octanol–water partition coefficient (Wildman–Crippen LogP) is 3.96. The third kappa shape index (κ3) is 5.42. The van der Waals surface area contributed by atoms with Gasteiger partial charge in [-0.1, -0.05) is 29.8 Å². The van der Waals surface area contributed by atoms with Crippen LogP contribution in [0.4, 0.5) is 4.39 Å². The van der Waals surface area contributed by atoms with Gasteiger partial charge < -0.3 is 14.8 Å². The second kappa shape index (κ2) is 9.13. The molecule has 0 aliphatic heterocycles. The number of nitrogens with one attached hydrogen (secondary N) is 1. The number of carbonyl (C=O) groups is 1. The Morgan fingerprint density at radius 3 is 2.71 bits per heavy atom. The third-order valence-electron chi connectivity index (χ3n) is 3.23. The van der Waals surface area contributed by atoms with Crippen LogP contribution in [0.3, 0.4) is 0 Å². The van der Waals surface area contributed by atoms with Crippen molar-refractivity contribution in [1.82, 2.24) is 5.32 Å². The molecular formula is C18H19ClFNO3. The summed E-state index contributed by atoms with van der Waals surface area (Å²) in [6.07, 6.45) is 0.171. The maximum atomic E-state index is 12.9. The van der Waals surface area contributed by atoms with E-state index in [-0.39, 0.29) is 24.0 Å². The standard InChI is InChI=1S/C18H19ClFNO3/c1-2-23-16-6-4-3-5-13(16)12-21-18(22)9-10-24-17-8-7-14(20)11-15(17)19/h3-8,11H,2,9-10,12H2,1H3,(H,21,22). The van der Waals surface area contributed by atoms with E-state index in [1.165, 1.54) is 18.2 Å². The average Bonchev–Trinajstić information content (AvgIpc) is 2.56. The first kappa shape index (κ1) is 18.1. The van der Waals surface area contributed by atoms with Gasteiger partial charge in [-0.05, 0) is 31.2 Å². The van der Waals surface area contributed by atoms with Crippen LogP contribution >= 0.6 is 11.6 Å². The summed E-state index contributed by atoms with van der Waals surface area (Å²) >= 11 is 5.85. The first-order valence-corrected chi connectivity index (χ1v) is 8.03.